The molecule has 1 atom stereocenters. The van der Waals surface area contributed by atoms with Gasteiger partial charge in [-0.25, -0.2) is 9.50 Å². The SMILES string of the molecule is C=S(C)(=O)c1cccc(-c2ccc3nc(NC(C)=O)cn3n2)c1. The van der Waals surface area contributed by atoms with E-state index in [4.69, 9.17) is 0 Å². The minimum atomic E-state index is -2.28. The number of imidazole rings is 1. The summed E-state index contributed by atoms with van der Waals surface area (Å²) in [6.07, 6.45) is 3.26. The normalized spacial score (nSPS) is 13.7. The Morgan fingerprint density at radius 2 is 2.09 bits per heavy atom. The van der Waals surface area contributed by atoms with Crippen molar-refractivity contribution in [3.63, 3.8) is 0 Å². The highest BCUT2D eigenvalue weighted by molar-refractivity contribution is 7.99. The van der Waals surface area contributed by atoms with Gasteiger partial charge in [0, 0.05) is 23.6 Å². The summed E-state index contributed by atoms with van der Waals surface area (Å²) in [5.74, 6) is 3.97. The third kappa shape index (κ3) is 3.24. The van der Waals surface area contributed by atoms with Crippen molar-refractivity contribution >= 4 is 32.8 Å². The second kappa shape index (κ2) is 5.51. The Bertz CT molecular complexity index is 1010. The lowest BCUT2D eigenvalue weighted by Crippen LogP contribution is -2.05. The molecule has 0 bridgehead atoms. The summed E-state index contributed by atoms with van der Waals surface area (Å²) in [5, 5.41) is 7.11. The standard InChI is InChI=1S/C16H16N4O2S/c1-11(21)17-15-10-20-16(18-15)8-7-14(19-20)12-5-4-6-13(9-12)23(2,3)22/h4-10H,2H2,1,3H3,(H,17,21). The van der Waals surface area contributed by atoms with Crippen LogP contribution in [0.3, 0.4) is 0 Å². The highest BCUT2D eigenvalue weighted by Gasteiger charge is 2.08. The van der Waals surface area contributed by atoms with E-state index in [2.05, 4.69) is 21.3 Å². The molecular weight excluding hydrogens is 312 g/mol. The molecule has 0 fully saturated rings. The molecule has 2 aromatic heterocycles. The molecular formula is C16H16N4O2S. The molecule has 7 heteroatoms. The Balaban J connectivity index is 2.05. The molecule has 1 unspecified atom stereocenters. The predicted molar refractivity (Wildman–Crippen MR) is 92.2 cm³/mol. The van der Waals surface area contributed by atoms with E-state index in [0.717, 1.165) is 11.3 Å². The number of rotatable bonds is 3. The summed E-state index contributed by atoms with van der Waals surface area (Å²) in [6, 6.07) is 11.0. The first-order chi connectivity index (χ1) is 10.8. The van der Waals surface area contributed by atoms with Crippen LogP contribution < -0.4 is 5.32 Å². The maximum absolute atomic E-state index is 12.1. The average Bonchev–Trinajstić information content (AvgIpc) is 2.86. The summed E-state index contributed by atoms with van der Waals surface area (Å²) >= 11 is 0. The van der Waals surface area contributed by atoms with E-state index in [-0.39, 0.29) is 5.91 Å². The van der Waals surface area contributed by atoms with Crippen molar-refractivity contribution in [2.45, 2.75) is 11.8 Å². The van der Waals surface area contributed by atoms with Gasteiger partial charge in [-0.3, -0.25) is 9.00 Å². The van der Waals surface area contributed by atoms with Crippen molar-refractivity contribution in [1.29, 1.82) is 0 Å². The number of nitrogens with one attached hydrogen (secondary N) is 1. The van der Waals surface area contributed by atoms with Crippen LogP contribution in [0.2, 0.25) is 0 Å². The number of carbonyl (C=O) groups is 1. The van der Waals surface area contributed by atoms with E-state index in [0.29, 0.717) is 16.4 Å². The Labute approximate surface area is 134 Å². The van der Waals surface area contributed by atoms with Gasteiger partial charge in [0.1, 0.15) is 0 Å². The third-order valence-electron chi connectivity index (χ3n) is 3.25. The van der Waals surface area contributed by atoms with E-state index in [1.165, 1.54) is 6.92 Å². The van der Waals surface area contributed by atoms with Crippen molar-refractivity contribution in [1.82, 2.24) is 14.6 Å². The number of carbonyl (C=O) groups excluding carboxylic acids is 1. The quantitative estimate of drug-likeness (QED) is 0.747. The lowest BCUT2D eigenvalue weighted by atomic mass is 10.1. The van der Waals surface area contributed by atoms with Gasteiger partial charge in [-0.05, 0) is 39.7 Å². The van der Waals surface area contributed by atoms with Crippen LogP contribution in [0.15, 0.2) is 47.5 Å². The van der Waals surface area contributed by atoms with Crippen LogP contribution in [0.5, 0.6) is 0 Å². The Morgan fingerprint density at radius 1 is 1.30 bits per heavy atom. The molecule has 23 heavy (non-hydrogen) atoms. The van der Waals surface area contributed by atoms with Gasteiger partial charge in [0.2, 0.25) is 5.91 Å². The maximum atomic E-state index is 12.1. The van der Waals surface area contributed by atoms with Crippen LogP contribution in [0.25, 0.3) is 16.9 Å². The molecule has 0 spiro atoms. The molecule has 1 amide bonds. The zero-order chi connectivity index (χ0) is 16.6. The fourth-order valence-corrected chi connectivity index (χ4v) is 2.94. The van der Waals surface area contributed by atoms with Crippen LogP contribution in [0.4, 0.5) is 5.82 Å². The Hall–Kier alpha value is -2.67. The van der Waals surface area contributed by atoms with Crippen LogP contribution in [-0.2, 0) is 14.3 Å². The molecule has 0 aliphatic carbocycles. The number of anilines is 1. The average molecular weight is 328 g/mol. The van der Waals surface area contributed by atoms with Gasteiger partial charge in [0.15, 0.2) is 11.5 Å². The minimum absolute atomic E-state index is 0.186. The highest BCUT2D eigenvalue weighted by atomic mass is 32.2. The molecule has 118 valence electrons. The van der Waals surface area contributed by atoms with Crippen LogP contribution in [-0.4, -0.2) is 36.8 Å². The largest absolute Gasteiger partial charge is 0.310 e. The van der Waals surface area contributed by atoms with Gasteiger partial charge >= 0.3 is 0 Å². The van der Waals surface area contributed by atoms with E-state index < -0.39 is 9.52 Å². The fraction of sp³-hybridized carbons (Fsp3) is 0.125. The Morgan fingerprint density at radius 3 is 2.78 bits per heavy atom. The summed E-state index contributed by atoms with van der Waals surface area (Å²) in [5.41, 5.74) is 2.19. The summed E-state index contributed by atoms with van der Waals surface area (Å²) < 4.78 is 13.7. The van der Waals surface area contributed by atoms with Gasteiger partial charge in [-0.2, -0.15) is 5.10 Å². The highest BCUT2D eigenvalue weighted by Crippen LogP contribution is 2.21. The molecule has 0 aliphatic heterocycles. The molecule has 1 aromatic carbocycles. The number of hydrogen-bond acceptors (Lipinski definition) is 4. The smallest absolute Gasteiger partial charge is 0.222 e. The van der Waals surface area contributed by atoms with Gasteiger partial charge in [0.05, 0.1) is 11.9 Å². The molecule has 2 heterocycles. The van der Waals surface area contributed by atoms with E-state index in [9.17, 15) is 9.00 Å². The van der Waals surface area contributed by atoms with Crippen LogP contribution in [0, 0.1) is 0 Å². The third-order valence-corrected chi connectivity index (χ3v) is 4.50. The zero-order valence-electron chi connectivity index (χ0n) is 12.8. The molecule has 3 aromatic rings. The molecule has 0 saturated heterocycles. The number of nitrogens with zero attached hydrogens (tertiary/aromatic N) is 3. The van der Waals surface area contributed by atoms with Crippen LogP contribution >= 0.6 is 0 Å². The van der Waals surface area contributed by atoms with E-state index in [1.807, 2.05) is 30.3 Å². The van der Waals surface area contributed by atoms with Crippen molar-refractivity contribution in [3.05, 3.63) is 42.6 Å². The number of aromatic nitrogens is 3. The number of fused-ring (bicyclic) bond motifs is 1. The minimum Gasteiger partial charge on any atom is -0.310 e. The molecule has 1 N–H and O–H groups in total. The maximum Gasteiger partial charge on any atom is 0.222 e. The second-order valence-electron chi connectivity index (χ2n) is 5.36. The first kappa shape index (κ1) is 15.2. The molecule has 0 aliphatic rings. The van der Waals surface area contributed by atoms with Crippen LogP contribution in [0.1, 0.15) is 6.92 Å². The molecule has 6 nitrogen and oxygen atoms in total. The predicted octanol–water partition coefficient (Wildman–Crippen LogP) is 2.06. The van der Waals surface area contributed by atoms with Gasteiger partial charge in [-0.15, -0.1) is 0 Å². The number of hydrogen-bond donors (Lipinski definition) is 1. The number of benzene rings is 1. The van der Waals surface area contributed by atoms with Gasteiger partial charge < -0.3 is 5.32 Å². The first-order valence-electron chi connectivity index (χ1n) is 6.90. The van der Waals surface area contributed by atoms with E-state index in [1.54, 1.807) is 23.0 Å². The first-order valence-corrected chi connectivity index (χ1v) is 9.03. The van der Waals surface area contributed by atoms with E-state index >= 15 is 0 Å². The van der Waals surface area contributed by atoms with Crippen molar-refractivity contribution < 1.29 is 9.00 Å². The number of amides is 1. The topological polar surface area (TPSA) is 76.4 Å². The van der Waals surface area contributed by atoms with Crippen molar-refractivity contribution in [2.24, 2.45) is 0 Å². The van der Waals surface area contributed by atoms with Gasteiger partial charge in [-0.1, -0.05) is 12.1 Å². The van der Waals surface area contributed by atoms with Crippen molar-refractivity contribution in [3.8, 4) is 11.3 Å². The zero-order valence-corrected chi connectivity index (χ0v) is 13.6. The molecule has 0 saturated carbocycles. The summed E-state index contributed by atoms with van der Waals surface area (Å²) in [6.45, 7) is 1.43. The summed E-state index contributed by atoms with van der Waals surface area (Å²) in [7, 11) is -2.28. The molecule has 0 radical (unpaired) electrons. The Kier molecular flexibility index (Phi) is 3.65. The lowest BCUT2D eigenvalue weighted by molar-refractivity contribution is -0.114. The summed E-state index contributed by atoms with van der Waals surface area (Å²) in [4.78, 5) is 16.0. The van der Waals surface area contributed by atoms with Crippen molar-refractivity contribution in [2.75, 3.05) is 11.6 Å². The monoisotopic (exact) mass is 328 g/mol. The lowest BCUT2D eigenvalue weighted by Gasteiger charge is -2.06. The van der Waals surface area contributed by atoms with Gasteiger partial charge in [0.25, 0.3) is 0 Å². The molecule has 3 rings (SSSR count). The second-order valence-corrected chi connectivity index (χ2v) is 7.84. The fourth-order valence-electron chi connectivity index (χ4n) is 2.20.